The number of benzene rings is 2. The van der Waals surface area contributed by atoms with E-state index in [-0.39, 0.29) is 17.6 Å². The van der Waals surface area contributed by atoms with Gasteiger partial charge in [0.2, 0.25) is 11.1 Å². The molecule has 8 nitrogen and oxygen atoms in total. The highest BCUT2D eigenvalue weighted by atomic mass is 35.5. The summed E-state index contributed by atoms with van der Waals surface area (Å²) in [5.41, 5.74) is 4.32. The number of thioether (sulfide) groups is 1. The fraction of sp³-hybridized carbons (Fsp3) is 0.0526. The molecule has 0 aliphatic carbocycles. The molecule has 0 radical (unpaired) electrons. The first-order valence-electron chi connectivity index (χ1n) is 8.52. The molecule has 4 N–H and O–H groups in total. The Hall–Kier alpha value is -3.30. The Balaban J connectivity index is 1.49. The molecule has 148 valence electrons. The van der Waals surface area contributed by atoms with E-state index < -0.39 is 0 Å². The molecule has 1 amide bonds. The van der Waals surface area contributed by atoms with Crippen LogP contribution in [0.3, 0.4) is 0 Å². The number of hydrazone groups is 1. The monoisotopic (exact) mass is 427 g/mol. The Morgan fingerprint density at radius 2 is 1.93 bits per heavy atom. The summed E-state index contributed by atoms with van der Waals surface area (Å²) in [6, 6.07) is 16.9. The number of anilines is 2. The number of hydrogen-bond donors (Lipinski definition) is 3. The highest BCUT2D eigenvalue weighted by Crippen LogP contribution is 2.22. The number of carbonyl (C=O) groups is 1. The lowest BCUT2D eigenvalue weighted by Gasteiger charge is -2.06. The first-order chi connectivity index (χ1) is 14.1. The molecule has 1 aromatic heterocycles. The molecule has 0 saturated carbocycles. The van der Waals surface area contributed by atoms with Crippen molar-refractivity contribution in [1.82, 2.24) is 14.9 Å². The molecule has 10 heteroatoms. The number of carbonyl (C=O) groups excluding carboxylic acids is 1. The predicted molar refractivity (Wildman–Crippen MR) is 119 cm³/mol. The second kappa shape index (κ2) is 10.3. The van der Waals surface area contributed by atoms with Crippen LogP contribution in [0.4, 0.5) is 11.6 Å². The summed E-state index contributed by atoms with van der Waals surface area (Å²) in [5.74, 6) is 6.06. The minimum absolute atomic E-state index is 0.101. The molecule has 0 bridgehead atoms. The summed E-state index contributed by atoms with van der Waals surface area (Å²) < 4.78 is 1.23. The average molecular weight is 428 g/mol. The van der Waals surface area contributed by atoms with Gasteiger partial charge in [0.05, 0.1) is 16.5 Å². The van der Waals surface area contributed by atoms with E-state index >= 15 is 0 Å². The number of allylic oxidation sites excluding steroid dienone is 1. The Bertz CT molecular complexity index is 1020. The van der Waals surface area contributed by atoms with Crippen molar-refractivity contribution in [1.29, 1.82) is 0 Å². The SMILES string of the molecule is Nn1c(N/N=C/C=C/c2ccccc2)nnc1SCC(=O)Nc1ccccc1Cl. The van der Waals surface area contributed by atoms with Crippen LogP contribution in [0.2, 0.25) is 5.02 Å². The van der Waals surface area contributed by atoms with E-state index in [1.54, 1.807) is 36.6 Å². The summed E-state index contributed by atoms with van der Waals surface area (Å²) in [6.45, 7) is 0. The summed E-state index contributed by atoms with van der Waals surface area (Å²) in [5, 5.41) is 15.5. The standard InChI is InChI=1S/C19H18ClN7OS/c20-15-10-4-5-11-16(15)23-17(28)13-29-19-26-25-18(27(19)21)24-22-12-6-9-14-7-2-1-3-8-14/h1-12H,13,21H2,(H,23,28)(H,24,25)/b9-6+,22-12+. The van der Waals surface area contributed by atoms with E-state index in [0.717, 1.165) is 17.3 Å². The number of halogens is 1. The number of rotatable bonds is 8. The van der Waals surface area contributed by atoms with Crippen molar-refractivity contribution < 1.29 is 4.79 Å². The minimum atomic E-state index is -0.232. The number of nitrogens with two attached hydrogens (primary N) is 1. The van der Waals surface area contributed by atoms with E-state index in [9.17, 15) is 4.79 Å². The van der Waals surface area contributed by atoms with Gasteiger partial charge in [-0.25, -0.2) is 10.1 Å². The maximum atomic E-state index is 12.1. The number of amides is 1. The Kier molecular flexibility index (Phi) is 7.26. The fourth-order valence-corrected chi connectivity index (χ4v) is 3.03. The smallest absolute Gasteiger partial charge is 0.264 e. The van der Waals surface area contributed by atoms with E-state index in [1.807, 2.05) is 36.4 Å². The van der Waals surface area contributed by atoms with Gasteiger partial charge in [0, 0.05) is 6.21 Å². The maximum absolute atomic E-state index is 12.1. The van der Waals surface area contributed by atoms with Crippen LogP contribution < -0.4 is 16.6 Å². The zero-order valence-electron chi connectivity index (χ0n) is 15.2. The van der Waals surface area contributed by atoms with Crippen LogP contribution >= 0.6 is 23.4 Å². The van der Waals surface area contributed by atoms with Gasteiger partial charge in [-0.05, 0) is 23.8 Å². The second-order valence-electron chi connectivity index (χ2n) is 5.65. The van der Waals surface area contributed by atoms with Gasteiger partial charge in [-0.2, -0.15) is 5.10 Å². The van der Waals surface area contributed by atoms with E-state index in [1.165, 1.54) is 4.68 Å². The lowest BCUT2D eigenvalue weighted by atomic mass is 10.2. The van der Waals surface area contributed by atoms with Crippen molar-refractivity contribution in [3.8, 4) is 0 Å². The van der Waals surface area contributed by atoms with Crippen LogP contribution in [0.5, 0.6) is 0 Å². The van der Waals surface area contributed by atoms with Gasteiger partial charge in [-0.3, -0.25) is 4.79 Å². The van der Waals surface area contributed by atoms with Crippen LogP contribution in [0.15, 0.2) is 70.9 Å². The molecule has 3 rings (SSSR count). The van der Waals surface area contributed by atoms with Crippen molar-refractivity contribution in [3.05, 3.63) is 71.3 Å². The fourth-order valence-electron chi connectivity index (χ4n) is 2.19. The lowest BCUT2D eigenvalue weighted by molar-refractivity contribution is -0.113. The van der Waals surface area contributed by atoms with Gasteiger partial charge in [0.15, 0.2) is 0 Å². The van der Waals surface area contributed by atoms with Gasteiger partial charge in [-0.1, -0.05) is 71.9 Å². The van der Waals surface area contributed by atoms with Crippen LogP contribution in [-0.4, -0.2) is 32.7 Å². The molecule has 0 atom stereocenters. The maximum Gasteiger partial charge on any atom is 0.264 e. The summed E-state index contributed by atoms with van der Waals surface area (Å²) >= 11 is 7.17. The van der Waals surface area contributed by atoms with Crippen molar-refractivity contribution >= 4 is 53.2 Å². The number of nitrogen functional groups attached to an aromatic ring is 1. The highest BCUT2D eigenvalue weighted by Gasteiger charge is 2.12. The Morgan fingerprint density at radius 1 is 1.17 bits per heavy atom. The van der Waals surface area contributed by atoms with Gasteiger partial charge in [0.25, 0.3) is 5.95 Å². The minimum Gasteiger partial charge on any atom is -0.334 e. The lowest BCUT2D eigenvalue weighted by Crippen LogP contribution is -2.17. The largest absolute Gasteiger partial charge is 0.334 e. The first kappa shape index (κ1) is 20.4. The molecular formula is C19H18ClN7OS. The number of nitrogens with one attached hydrogen (secondary N) is 2. The Morgan fingerprint density at radius 3 is 2.72 bits per heavy atom. The highest BCUT2D eigenvalue weighted by molar-refractivity contribution is 7.99. The van der Waals surface area contributed by atoms with Crippen molar-refractivity contribution in [2.24, 2.45) is 5.10 Å². The second-order valence-corrected chi connectivity index (χ2v) is 7.00. The Labute approximate surface area is 176 Å². The van der Waals surface area contributed by atoms with Crippen molar-refractivity contribution in [2.45, 2.75) is 5.16 Å². The summed E-state index contributed by atoms with van der Waals surface area (Å²) in [6.07, 6.45) is 5.27. The molecule has 0 spiro atoms. The third kappa shape index (κ3) is 6.09. The number of hydrogen-bond acceptors (Lipinski definition) is 7. The topological polar surface area (TPSA) is 110 Å². The molecular weight excluding hydrogens is 410 g/mol. The summed E-state index contributed by atoms with van der Waals surface area (Å²) in [4.78, 5) is 12.1. The molecule has 0 aliphatic rings. The molecule has 1 heterocycles. The van der Waals surface area contributed by atoms with E-state index in [2.05, 4.69) is 26.0 Å². The summed E-state index contributed by atoms with van der Waals surface area (Å²) in [7, 11) is 0. The zero-order chi connectivity index (χ0) is 20.5. The van der Waals surface area contributed by atoms with Crippen LogP contribution in [0.1, 0.15) is 5.56 Å². The van der Waals surface area contributed by atoms with Crippen molar-refractivity contribution in [2.75, 3.05) is 22.3 Å². The van der Waals surface area contributed by atoms with E-state index in [4.69, 9.17) is 17.4 Å². The van der Waals surface area contributed by atoms with Crippen LogP contribution in [-0.2, 0) is 4.79 Å². The predicted octanol–water partition coefficient (Wildman–Crippen LogP) is 3.49. The molecule has 0 aliphatic heterocycles. The first-order valence-corrected chi connectivity index (χ1v) is 9.88. The zero-order valence-corrected chi connectivity index (χ0v) is 16.8. The van der Waals surface area contributed by atoms with Gasteiger partial charge >= 0.3 is 0 Å². The average Bonchev–Trinajstić information content (AvgIpc) is 3.08. The third-order valence-corrected chi connectivity index (χ3v) is 4.83. The molecule has 0 saturated heterocycles. The quantitative estimate of drug-likeness (QED) is 0.220. The third-order valence-electron chi connectivity index (χ3n) is 3.56. The van der Waals surface area contributed by atoms with Gasteiger partial charge in [-0.15, -0.1) is 10.2 Å². The van der Waals surface area contributed by atoms with Gasteiger partial charge < -0.3 is 11.2 Å². The molecule has 2 aromatic carbocycles. The number of para-hydroxylation sites is 1. The van der Waals surface area contributed by atoms with Crippen molar-refractivity contribution in [3.63, 3.8) is 0 Å². The number of nitrogens with zero attached hydrogens (tertiary/aromatic N) is 4. The molecule has 3 aromatic rings. The normalized spacial score (nSPS) is 11.2. The molecule has 0 fully saturated rings. The van der Waals surface area contributed by atoms with Crippen LogP contribution in [0.25, 0.3) is 6.08 Å². The van der Waals surface area contributed by atoms with Gasteiger partial charge in [0.1, 0.15) is 0 Å². The van der Waals surface area contributed by atoms with Crippen LogP contribution in [0, 0.1) is 0 Å². The number of aromatic nitrogens is 3. The molecule has 29 heavy (non-hydrogen) atoms. The molecule has 0 unspecified atom stereocenters. The van der Waals surface area contributed by atoms with E-state index in [0.29, 0.717) is 15.9 Å².